The van der Waals surface area contributed by atoms with Crippen LogP contribution in [0.25, 0.3) is 16.9 Å². The van der Waals surface area contributed by atoms with Gasteiger partial charge in [0, 0.05) is 17.5 Å². The molecule has 2 nitrogen and oxygen atoms in total. The molecular formula is C14H11ClN2. The van der Waals surface area contributed by atoms with Gasteiger partial charge in [0.1, 0.15) is 5.65 Å². The second kappa shape index (κ2) is 4.22. The van der Waals surface area contributed by atoms with E-state index >= 15 is 0 Å². The Morgan fingerprint density at radius 3 is 2.59 bits per heavy atom. The van der Waals surface area contributed by atoms with E-state index in [1.54, 1.807) is 0 Å². The molecule has 3 aromatic rings. The number of hydrogen-bond donors (Lipinski definition) is 0. The summed E-state index contributed by atoms with van der Waals surface area (Å²) < 4.78 is 2.04. The molecule has 3 rings (SSSR count). The van der Waals surface area contributed by atoms with Crippen molar-refractivity contribution in [2.45, 2.75) is 5.88 Å². The fourth-order valence-corrected chi connectivity index (χ4v) is 2.14. The minimum atomic E-state index is 0.488. The van der Waals surface area contributed by atoms with E-state index in [0.717, 1.165) is 22.6 Å². The highest BCUT2D eigenvalue weighted by atomic mass is 35.5. The minimum Gasteiger partial charge on any atom is -0.302 e. The van der Waals surface area contributed by atoms with Crippen LogP contribution in [0.2, 0.25) is 0 Å². The van der Waals surface area contributed by atoms with Crippen LogP contribution >= 0.6 is 11.6 Å². The molecule has 0 aliphatic rings. The van der Waals surface area contributed by atoms with Crippen molar-refractivity contribution in [2.75, 3.05) is 0 Å². The van der Waals surface area contributed by atoms with Crippen molar-refractivity contribution in [3.8, 4) is 11.3 Å². The molecular weight excluding hydrogens is 232 g/mol. The van der Waals surface area contributed by atoms with Crippen LogP contribution in [0.15, 0.2) is 54.7 Å². The number of benzene rings is 1. The SMILES string of the molecule is ClCc1cccc2nc(-c3ccccc3)cn12. The van der Waals surface area contributed by atoms with Crippen LogP contribution in [0.1, 0.15) is 5.69 Å². The largest absolute Gasteiger partial charge is 0.302 e. The van der Waals surface area contributed by atoms with Gasteiger partial charge in [-0.3, -0.25) is 0 Å². The van der Waals surface area contributed by atoms with E-state index < -0.39 is 0 Å². The van der Waals surface area contributed by atoms with Gasteiger partial charge in [-0.25, -0.2) is 4.98 Å². The van der Waals surface area contributed by atoms with Gasteiger partial charge in [-0.05, 0) is 12.1 Å². The summed E-state index contributed by atoms with van der Waals surface area (Å²) in [5.41, 5.74) is 4.08. The molecule has 2 aromatic heterocycles. The molecule has 0 unspecified atom stereocenters. The minimum absolute atomic E-state index is 0.488. The molecule has 0 saturated heterocycles. The van der Waals surface area contributed by atoms with Gasteiger partial charge >= 0.3 is 0 Å². The summed E-state index contributed by atoms with van der Waals surface area (Å²) in [4.78, 5) is 4.60. The summed E-state index contributed by atoms with van der Waals surface area (Å²) in [6, 6.07) is 16.1. The van der Waals surface area contributed by atoms with Gasteiger partial charge in [-0.2, -0.15) is 0 Å². The molecule has 3 heteroatoms. The number of rotatable bonds is 2. The molecule has 0 aliphatic heterocycles. The first-order chi connectivity index (χ1) is 8.38. The van der Waals surface area contributed by atoms with Crippen LogP contribution in [-0.4, -0.2) is 9.38 Å². The fraction of sp³-hybridized carbons (Fsp3) is 0.0714. The Morgan fingerprint density at radius 1 is 1.00 bits per heavy atom. The number of nitrogens with zero attached hydrogens (tertiary/aromatic N) is 2. The predicted octanol–water partition coefficient (Wildman–Crippen LogP) is 3.74. The van der Waals surface area contributed by atoms with E-state index in [1.807, 2.05) is 47.0 Å². The maximum atomic E-state index is 5.91. The molecule has 0 aliphatic carbocycles. The van der Waals surface area contributed by atoms with Gasteiger partial charge in [0.2, 0.25) is 0 Å². The van der Waals surface area contributed by atoms with Crippen LogP contribution in [0.4, 0.5) is 0 Å². The third-order valence-electron chi connectivity index (χ3n) is 2.78. The van der Waals surface area contributed by atoms with E-state index in [-0.39, 0.29) is 0 Å². The topological polar surface area (TPSA) is 17.3 Å². The van der Waals surface area contributed by atoms with Crippen molar-refractivity contribution < 1.29 is 0 Å². The first kappa shape index (κ1) is 10.4. The first-order valence-corrected chi connectivity index (χ1v) is 6.00. The first-order valence-electron chi connectivity index (χ1n) is 5.47. The van der Waals surface area contributed by atoms with Crippen LogP contribution < -0.4 is 0 Å². The number of pyridine rings is 1. The Balaban J connectivity index is 2.20. The van der Waals surface area contributed by atoms with Gasteiger partial charge in [0.25, 0.3) is 0 Å². The standard InChI is InChI=1S/C14H11ClN2/c15-9-12-7-4-8-14-16-13(10-17(12)14)11-5-2-1-3-6-11/h1-8,10H,9H2. The van der Waals surface area contributed by atoms with Crippen molar-refractivity contribution in [2.24, 2.45) is 0 Å². The van der Waals surface area contributed by atoms with E-state index in [4.69, 9.17) is 11.6 Å². The van der Waals surface area contributed by atoms with Crippen LogP contribution in [0.3, 0.4) is 0 Å². The average Bonchev–Trinajstić information content (AvgIpc) is 2.83. The van der Waals surface area contributed by atoms with E-state index in [1.165, 1.54) is 0 Å². The lowest BCUT2D eigenvalue weighted by Gasteiger charge is -1.98. The molecule has 0 fully saturated rings. The maximum Gasteiger partial charge on any atom is 0.137 e. The summed E-state index contributed by atoms with van der Waals surface area (Å²) >= 11 is 5.91. The summed E-state index contributed by atoms with van der Waals surface area (Å²) in [6.07, 6.45) is 2.03. The Kier molecular flexibility index (Phi) is 2.57. The Labute approximate surface area is 104 Å². The lowest BCUT2D eigenvalue weighted by Crippen LogP contribution is -1.90. The van der Waals surface area contributed by atoms with Crippen molar-refractivity contribution in [3.05, 3.63) is 60.4 Å². The number of imidazole rings is 1. The second-order valence-electron chi connectivity index (χ2n) is 3.87. The summed E-state index contributed by atoms with van der Waals surface area (Å²) in [5, 5.41) is 0. The van der Waals surface area contributed by atoms with Crippen molar-refractivity contribution in [1.82, 2.24) is 9.38 Å². The van der Waals surface area contributed by atoms with Crippen molar-refractivity contribution in [1.29, 1.82) is 0 Å². The summed E-state index contributed by atoms with van der Waals surface area (Å²) in [6.45, 7) is 0. The van der Waals surface area contributed by atoms with Crippen LogP contribution in [0, 0.1) is 0 Å². The third-order valence-corrected chi connectivity index (χ3v) is 3.06. The lowest BCUT2D eigenvalue weighted by molar-refractivity contribution is 1.07. The quantitative estimate of drug-likeness (QED) is 0.626. The van der Waals surface area contributed by atoms with Crippen molar-refractivity contribution in [3.63, 3.8) is 0 Å². The zero-order valence-electron chi connectivity index (χ0n) is 9.18. The van der Waals surface area contributed by atoms with Crippen molar-refractivity contribution >= 4 is 17.2 Å². The molecule has 0 amide bonds. The van der Waals surface area contributed by atoms with E-state index in [2.05, 4.69) is 17.1 Å². The smallest absolute Gasteiger partial charge is 0.137 e. The Bertz CT molecular complexity index is 644. The van der Waals surface area contributed by atoms with Crippen LogP contribution in [0.5, 0.6) is 0 Å². The molecule has 2 heterocycles. The van der Waals surface area contributed by atoms with E-state index in [0.29, 0.717) is 5.88 Å². The zero-order chi connectivity index (χ0) is 11.7. The number of halogens is 1. The zero-order valence-corrected chi connectivity index (χ0v) is 9.93. The lowest BCUT2D eigenvalue weighted by atomic mass is 10.2. The average molecular weight is 243 g/mol. The molecule has 0 bridgehead atoms. The van der Waals surface area contributed by atoms with Gasteiger partial charge < -0.3 is 4.40 Å². The number of aromatic nitrogens is 2. The fourth-order valence-electron chi connectivity index (χ4n) is 1.92. The second-order valence-corrected chi connectivity index (χ2v) is 4.14. The molecule has 17 heavy (non-hydrogen) atoms. The molecule has 0 spiro atoms. The molecule has 84 valence electrons. The normalized spacial score (nSPS) is 10.9. The van der Waals surface area contributed by atoms with Gasteiger partial charge in [0.15, 0.2) is 0 Å². The van der Waals surface area contributed by atoms with Gasteiger partial charge in [0.05, 0.1) is 11.6 Å². The monoisotopic (exact) mass is 242 g/mol. The molecule has 1 aromatic carbocycles. The summed E-state index contributed by atoms with van der Waals surface area (Å²) in [7, 11) is 0. The molecule has 0 radical (unpaired) electrons. The number of hydrogen-bond acceptors (Lipinski definition) is 1. The highest BCUT2D eigenvalue weighted by molar-refractivity contribution is 6.16. The highest BCUT2D eigenvalue weighted by Crippen LogP contribution is 2.20. The molecule has 0 atom stereocenters. The number of alkyl halides is 1. The van der Waals surface area contributed by atoms with Gasteiger partial charge in [-0.15, -0.1) is 11.6 Å². The molecule has 0 saturated carbocycles. The predicted molar refractivity (Wildman–Crippen MR) is 70.2 cm³/mol. The number of fused-ring (bicyclic) bond motifs is 1. The summed E-state index contributed by atoms with van der Waals surface area (Å²) in [5.74, 6) is 0.488. The Hall–Kier alpha value is -1.80. The van der Waals surface area contributed by atoms with Crippen LogP contribution in [-0.2, 0) is 5.88 Å². The Morgan fingerprint density at radius 2 is 1.82 bits per heavy atom. The van der Waals surface area contributed by atoms with Gasteiger partial charge in [-0.1, -0.05) is 36.4 Å². The highest BCUT2D eigenvalue weighted by Gasteiger charge is 2.05. The molecule has 0 N–H and O–H groups in total. The maximum absolute atomic E-state index is 5.91. The van der Waals surface area contributed by atoms with E-state index in [9.17, 15) is 0 Å². The third kappa shape index (κ3) is 1.81.